The van der Waals surface area contributed by atoms with E-state index in [0.717, 1.165) is 11.3 Å². The Labute approximate surface area is 173 Å². The maximum atomic E-state index is 13.8. The van der Waals surface area contributed by atoms with Gasteiger partial charge in [-0.2, -0.15) is 0 Å². The third-order valence-electron chi connectivity index (χ3n) is 4.11. The molecule has 0 aliphatic carbocycles. The zero-order valence-corrected chi connectivity index (χ0v) is 16.5. The molecule has 0 saturated heterocycles. The van der Waals surface area contributed by atoms with Crippen molar-refractivity contribution in [2.45, 2.75) is 6.42 Å². The summed E-state index contributed by atoms with van der Waals surface area (Å²) >= 11 is 5.86. The lowest BCUT2D eigenvalue weighted by atomic mass is 10.1. The number of halogens is 2. The molecule has 1 amide bonds. The third kappa shape index (κ3) is 6.19. The van der Waals surface area contributed by atoms with E-state index in [1.165, 1.54) is 12.1 Å². The number of para-hydroxylation sites is 1. The lowest BCUT2D eigenvalue weighted by Crippen LogP contribution is -2.15. The van der Waals surface area contributed by atoms with Crippen molar-refractivity contribution in [2.75, 3.05) is 29.7 Å². The Morgan fingerprint density at radius 2 is 1.90 bits per heavy atom. The number of hydrogen-bond donors (Lipinski definition) is 2. The fourth-order valence-electron chi connectivity index (χ4n) is 2.72. The Morgan fingerprint density at radius 3 is 2.66 bits per heavy atom. The zero-order chi connectivity index (χ0) is 20.5. The number of ether oxygens (including phenoxy) is 1. The van der Waals surface area contributed by atoms with Crippen LogP contribution in [-0.4, -0.2) is 29.9 Å². The predicted molar refractivity (Wildman–Crippen MR) is 113 cm³/mol. The predicted octanol–water partition coefficient (Wildman–Crippen LogP) is 4.75. The molecule has 0 saturated carbocycles. The number of carbonyl (C=O) groups is 1. The van der Waals surface area contributed by atoms with Crippen LogP contribution in [0.1, 0.15) is 15.9 Å². The van der Waals surface area contributed by atoms with Gasteiger partial charge in [0, 0.05) is 36.1 Å². The van der Waals surface area contributed by atoms with E-state index in [0.29, 0.717) is 36.8 Å². The number of anilines is 2. The lowest BCUT2D eigenvalue weighted by molar-refractivity contribution is 0.102. The number of hydrogen-bond acceptors (Lipinski definition) is 4. The van der Waals surface area contributed by atoms with E-state index >= 15 is 0 Å². The molecule has 0 aliphatic heterocycles. The lowest BCUT2D eigenvalue weighted by Gasteiger charge is -2.12. The molecule has 0 fully saturated rings. The van der Waals surface area contributed by atoms with Crippen molar-refractivity contribution in [2.24, 2.45) is 0 Å². The molecule has 3 rings (SSSR count). The van der Waals surface area contributed by atoms with Gasteiger partial charge in [-0.1, -0.05) is 12.1 Å². The van der Waals surface area contributed by atoms with Crippen molar-refractivity contribution >= 4 is 28.9 Å². The van der Waals surface area contributed by atoms with Crippen molar-refractivity contribution in [3.63, 3.8) is 0 Å². The number of rotatable bonds is 9. The van der Waals surface area contributed by atoms with Crippen LogP contribution in [0.5, 0.6) is 5.75 Å². The second-order valence-corrected chi connectivity index (χ2v) is 6.63. The van der Waals surface area contributed by atoms with Crippen LogP contribution in [0.3, 0.4) is 0 Å². The monoisotopic (exact) mass is 413 g/mol. The van der Waals surface area contributed by atoms with Gasteiger partial charge in [-0.05, 0) is 54.4 Å². The van der Waals surface area contributed by atoms with Gasteiger partial charge in [0.2, 0.25) is 0 Å². The number of nitrogens with zero attached hydrogens (tertiary/aromatic N) is 1. The molecule has 0 aliphatic rings. The first-order valence-electron chi connectivity index (χ1n) is 9.18. The number of aryl methyl sites for hydroxylation is 1. The third-order valence-corrected chi connectivity index (χ3v) is 4.30. The Kier molecular flexibility index (Phi) is 7.41. The summed E-state index contributed by atoms with van der Waals surface area (Å²) in [5, 5.41) is 5.81. The summed E-state index contributed by atoms with van der Waals surface area (Å²) in [6.45, 7) is 0.988. The maximum absolute atomic E-state index is 13.8. The van der Waals surface area contributed by atoms with Gasteiger partial charge in [0.25, 0.3) is 5.91 Å². The van der Waals surface area contributed by atoms with E-state index in [1.54, 1.807) is 36.7 Å². The van der Waals surface area contributed by atoms with Crippen LogP contribution in [0.25, 0.3) is 0 Å². The number of pyridine rings is 1. The molecule has 29 heavy (non-hydrogen) atoms. The molecule has 3 aromatic rings. The number of benzene rings is 2. The largest absolute Gasteiger partial charge is 0.492 e. The molecule has 2 aromatic carbocycles. The molecule has 5 nitrogen and oxygen atoms in total. The minimum absolute atomic E-state index is 0.129. The van der Waals surface area contributed by atoms with Gasteiger partial charge in [0.05, 0.1) is 5.69 Å². The normalized spacial score (nSPS) is 10.4. The smallest absolute Gasteiger partial charge is 0.255 e. The number of alkyl halides is 1. The van der Waals surface area contributed by atoms with Gasteiger partial charge in [-0.3, -0.25) is 9.78 Å². The van der Waals surface area contributed by atoms with Crippen molar-refractivity contribution in [3.8, 4) is 5.75 Å². The second kappa shape index (κ2) is 10.4. The highest BCUT2D eigenvalue weighted by Crippen LogP contribution is 2.21. The molecule has 0 spiro atoms. The summed E-state index contributed by atoms with van der Waals surface area (Å²) in [4.78, 5) is 16.6. The van der Waals surface area contributed by atoms with Crippen LogP contribution in [0, 0.1) is 5.82 Å². The number of carbonyl (C=O) groups excluding carboxylic acids is 1. The van der Waals surface area contributed by atoms with E-state index < -0.39 is 11.7 Å². The van der Waals surface area contributed by atoms with Crippen LogP contribution in [0.2, 0.25) is 0 Å². The summed E-state index contributed by atoms with van der Waals surface area (Å²) in [6.07, 6.45) is 4.01. The highest BCUT2D eigenvalue weighted by molar-refractivity contribution is 6.18. The summed E-state index contributed by atoms with van der Waals surface area (Å²) in [6, 6.07) is 15.0. The SMILES string of the molecule is O=C(Nc1ccccc1F)c1cc(CCCl)cc(OCCNc2ccncc2)c1. The summed E-state index contributed by atoms with van der Waals surface area (Å²) in [5.74, 6) is 0.0760. The first-order valence-corrected chi connectivity index (χ1v) is 9.71. The summed E-state index contributed by atoms with van der Waals surface area (Å²) in [5.41, 5.74) is 2.33. The van der Waals surface area contributed by atoms with Crippen molar-refractivity contribution in [1.82, 2.24) is 4.98 Å². The van der Waals surface area contributed by atoms with Gasteiger partial charge in [-0.25, -0.2) is 4.39 Å². The van der Waals surface area contributed by atoms with Gasteiger partial charge in [0.15, 0.2) is 0 Å². The van der Waals surface area contributed by atoms with Crippen molar-refractivity contribution in [3.05, 3.63) is 83.9 Å². The molecule has 1 aromatic heterocycles. The zero-order valence-electron chi connectivity index (χ0n) is 15.7. The minimum atomic E-state index is -0.489. The molecule has 0 bridgehead atoms. The molecule has 0 unspecified atom stereocenters. The average molecular weight is 414 g/mol. The van der Waals surface area contributed by atoms with E-state index in [9.17, 15) is 9.18 Å². The molecular weight excluding hydrogens is 393 g/mol. The quantitative estimate of drug-likeness (QED) is 0.392. The van der Waals surface area contributed by atoms with Gasteiger partial charge in [0.1, 0.15) is 18.2 Å². The van der Waals surface area contributed by atoms with E-state index in [2.05, 4.69) is 15.6 Å². The van der Waals surface area contributed by atoms with Crippen LogP contribution in [-0.2, 0) is 6.42 Å². The Bertz CT molecular complexity index is 954. The molecule has 2 N–H and O–H groups in total. The van der Waals surface area contributed by atoms with E-state index in [-0.39, 0.29) is 5.69 Å². The minimum Gasteiger partial charge on any atom is -0.492 e. The van der Waals surface area contributed by atoms with Crippen LogP contribution >= 0.6 is 11.6 Å². The van der Waals surface area contributed by atoms with E-state index in [1.807, 2.05) is 18.2 Å². The fraction of sp³-hybridized carbons (Fsp3) is 0.182. The highest BCUT2D eigenvalue weighted by atomic mass is 35.5. The molecule has 0 atom stereocenters. The van der Waals surface area contributed by atoms with Crippen molar-refractivity contribution in [1.29, 1.82) is 0 Å². The van der Waals surface area contributed by atoms with Gasteiger partial charge >= 0.3 is 0 Å². The highest BCUT2D eigenvalue weighted by Gasteiger charge is 2.12. The molecule has 7 heteroatoms. The fourth-order valence-corrected chi connectivity index (χ4v) is 2.94. The van der Waals surface area contributed by atoms with Gasteiger partial charge < -0.3 is 15.4 Å². The number of nitrogens with one attached hydrogen (secondary N) is 2. The molecule has 1 heterocycles. The van der Waals surface area contributed by atoms with Crippen LogP contribution < -0.4 is 15.4 Å². The van der Waals surface area contributed by atoms with E-state index in [4.69, 9.17) is 16.3 Å². The first kappa shape index (κ1) is 20.6. The standard InChI is InChI=1S/C22H21ClFN3O2/c23-8-5-16-13-17(22(28)27-21-4-2-1-3-20(21)24)15-19(14-16)29-12-11-26-18-6-9-25-10-7-18/h1-4,6-7,9-10,13-15H,5,8,11-12H2,(H,25,26)(H,27,28). The van der Waals surface area contributed by atoms with Crippen molar-refractivity contribution < 1.29 is 13.9 Å². The second-order valence-electron chi connectivity index (χ2n) is 6.25. The topological polar surface area (TPSA) is 63.2 Å². The average Bonchev–Trinajstić information content (AvgIpc) is 2.74. The van der Waals surface area contributed by atoms with Crippen LogP contribution in [0.15, 0.2) is 67.0 Å². The molecule has 0 radical (unpaired) electrons. The maximum Gasteiger partial charge on any atom is 0.255 e. The Morgan fingerprint density at radius 1 is 1.10 bits per heavy atom. The number of aromatic nitrogens is 1. The molecular formula is C22H21ClFN3O2. The summed E-state index contributed by atoms with van der Waals surface area (Å²) in [7, 11) is 0. The Hall–Kier alpha value is -3.12. The number of amides is 1. The summed E-state index contributed by atoms with van der Waals surface area (Å²) < 4.78 is 19.6. The van der Waals surface area contributed by atoms with Gasteiger partial charge in [-0.15, -0.1) is 11.6 Å². The first-order chi connectivity index (χ1) is 14.2. The molecule has 150 valence electrons. The Balaban J connectivity index is 1.66. The van der Waals surface area contributed by atoms with Crippen LogP contribution in [0.4, 0.5) is 15.8 Å².